The third-order valence-electron chi connectivity index (χ3n) is 5.79. The van der Waals surface area contributed by atoms with Gasteiger partial charge in [0.25, 0.3) is 0 Å². The summed E-state index contributed by atoms with van der Waals surface area (Å²) in [5.74, 6) is 1.41. The summed E-state index contributed by atoms with van der Waals surface area (Å²) >= 11 is 0. The fraction of sp³-hybridized carbons (Fsp3) is 0.722. The van der Waals surface area contributed by atoms with Crippen LogP contribution in [0, 0.1) is 0 Å². The molecule has 146 valence electrons. The Morgan fingerprint density at radius 1 is 1.12 bits per heavy atom. The van der Waals surface area contributed by atoms with Crippen LogP contribution in [-0.2, 0) is 20.8 Å². The number of rotatable bonds is 5. The van der Waals surface area contributed by atoms with Gasteiger partial charge in [-0.15, -0.1) is 0 Å². The Bertz CT molecular complexity index is 739. The predicted molar refractivity (Wildman–Crippen MR) is 105 cm³/mol. The number of anilines is 1. The van der Waals surface area contributed by atoms with E-state index in [0.29, 0.717) is 31.9 Å². The second-order valence-electron chi connectivity index (χ2n) is 7.18. The van der Waals surface area contributed by atoms with E-state index in [-0.39, 0.29) is 9.64 Å². The van der Waals surface area contributed by atoms with Gasteiger partial charge in [-0.25, -0.2) is 13.4 Å². The van der Waals surface area contributed by atoms with E-state index in [4.69, 9.17) is 0 Å². The number of sulfonamides is 1. The molecular weight excluding hydrogens is 370 g/mol. The van der Waals surface area contributed by atoms with Crippen molar-refractivity contribution in [2.24, 2.45) is 0 Å². The molecule has 0 spiro atoms. The molecule has 2 saturated heterocycles. The van der Waals surface area contributed by atoms with Gasteiger partial charge >= 0.3 is 0 Å². The molecule has 2 fully saturated rings. The molecule has 1 atom stereocenters. The molecule has 0 aromatic carbocycles. The van der Waals surface area contributed by atoms with Crippen LogP contribution in [0.5, 0.6) is 0 Å². The maximum atomic E-state index is 12.7. The number of nitrogens with zero attached hydrogens (tertiary/aromatic N) is 3. The molecule has 0 radical (unpaired) electrons. The highest BCUT2D eigenvalue weighted by Crippen LogP contribution is 2.31. The molecule has 3 heterocycles. The minimum absolute atomic E-state index is 0.196. The molecule has 0 bridgehead atoms. The fourth-order valence-corrected chi connectivity index (χ4v) is 7.09. The predicted octanol–water partition coefficient (Wildman–Crippen LogP) is 2.38. The summed E-state index contributed by atoms with van der Waals surface area (Å²) < 4.78 is 39.4. The second kappa shape index (κ2) is 7.94. The van der Waals surface area contributed by atoms with E-state index in [2.05, 4.69) is 23.7 Å². The number of pyridine rings is 1. The van der Waals surface area contributed by atoms with Crippen molar-refractivity contribution in [3.8, 4) is 0 Å². The van der Waals surface area contributed by atoms with Crippen molar-refractivity contribution in [2.45, 2.75) is 55.6 Å². The van der Waals surface area contributed by atoms with Crippen LogP contribution >= 0.6 is 0 Å². The summed E-state index contributed by atoms with van der Waals surface area (Å²) in [5, 5.41) is 0. The summed E-state index contributed by atoms with van der Waals surface area (Å²) in [6.45, 7) is 6.77. The summed E-state index contributed by atoms with van der Waals surface area (Å²) in [4.78, 5) is 6.85. The highest BCUT2D eigenvalue weighted by Gasteiger charge is 2.39. The Kier molecular flexibility index (Phi) is 6.04. The van der Waals surface area contributed by atoms with Gasteiger partial charge in [0.15, 0.2) is 0 Å². The lowest BCUT2D eigenvalue weighted by Crippen LogP contribution is -2.53. The van der Waals surface area contributed by atoms with Crippen LogP contribution in [0.3, 0.4) is 0 Å². The Balaban J connectivity index is 1.78. The van der Waals surface area contributed by atoms with E-state index in [1.54, 1.807) is 16.4 Å². The first-order chi connectivity index (χ1) is 12.4. The van der Waals surface area contributed by atoms with Gasteiger partial charge in [-0.2, -0.15) is 4.31 Å². The van der Waals surface area contributed by atoms with Gasteiger partial charge in [0, 0.05) is 48.9 Å². The molecule has 1 aromatic rings. The fourth-order valence-electron chi connectivity index (χ4n) is 3.87. The SMILES string of the molecule is CCC1(CC)CN(c2ccc(S(=O)(=O)N3CCCCC3)cn2)CCS1=O. The van der Waals surface area contributed by atoms with Crippen LogP contribution in [0.2, 0.25) is 0 Å². The average molecular weight is 400 g/mol. The number of aromatic nitrogens is 1. The molecule has 3 rings (SSSR count). The molecule has 1 aromatic heterocycles. The molecular formula is C18H29N3O3S2. The Hall–Kier alpha value is -0.990. The lowest BCUT2D eigenvalue weighted by atomic mass is 10.0. The molecule has 0 saturated carbocycles. The number of hydrogen-bond donors (Lipinski definition) is 0. The largest absolute Gasteiger partial charge is 0.354 e. The lowest BCUT2D eigenvalue weighted by Gasteiger charge is -2.41. The smallest absolute Gasteiger partial charge is 0.244 e. The summed E-state index contributed by atoms with van der Waals surface area (Å²) in [5.41, 5.74) is 0. The maximum Gasteiger partial charge on any atom is 0.244 e. The van der Waals surface area contributed by atoms with E-state index in [1.807, 2.05) is 0 Å². The lowest BCUT2D eigenvalue weighted by molar-refractivity contribution is 0.346. The molecule has 8 heteroatoms. The Labute approximate surface area is 159 Å². The first-order valence-electron chi connectivity index (χ1n) is 9.52. The third kappa shape index (κ3) is 3.68. The summed E-state index contributed by atoms with van der Waals surface area (Å²) in [6.07, 6.45) is 6.15. The van der Waals surface area contributed by atoms with Crippen LogP contribution in [-0.4, -0.2) is 58.6 Å². The zero-order chi connectivity index (χ0) is 18.8. The van der Waals surface area contributed by atoms with Gasteiger partial charge < -0.3 is 4.90 Å². The minimum Gasteiger partial charge on any atom is -0.354 e. The zero-order valence-corrected chi connectivity index (χ0v) is 17.3. The van der Waals surface area contributed by atoms with Gasteiger partial charge in [-0.3, -0.25) is 4.21 Å². The molecule has 26 heavy (non-hydrogen) atoms. The zero-order valence-electron chi connectivity index (χ0n) is 15.7. The van der Waals surface area contributed by atoms with Crippen molar-refractivity contribution < 1.29 is 12.6 Å². The maximum absolute atomic E-state index is 12.7. The number of piperidine rings is 1. The van der Waals surface area contributed by atoms with Crippen LogP contribution < -0.4 is 4.90 Å². The van der Waals surface area contributed by atoms with Gasteiger partial charge in [-0.05, 0) is 37.8 Å². The normalized spacial score (nSPS) is 24.5. The first-order valence-corrected chi connectivity index (χ1v) is 12.3. The van der Waals surface area contributed by atoms with Crippen molar-refractivity contribution in [2.75, 3.05) is 36.8 Å². The van der Waals surface area contributed by atoms with E-state index in [0.717, 1.165) is 37.9 Å². The van der Waals surface area contributed by atoms with Crippen molar-refractivity contribution in [3.63, 3.8) is 0 Å². The Morgan fingerprint density at radius 3 is 2.38 bits per heavy atom. The summed E-state index contributed by atoms with van der Waals surface area (Å²) in [7, 11) is -4.27. The molecule has 0 aliphatic carbocycles. The molecule has 6 nitrogen and oxygen atoms in total. The minimum atomic E-state index is -3.45. The van der Waals surface area contributed by atoms with E-state index in [9.17, 15) is 12.6 Å². The van der Waals surface area contributed by atoms with Crippen LogP contribution in [0.4, 0.5) is 5.82 Å². The van der Waals surface area contributed by atoms with Crippen molar-refractivity contribution >= 4 is 26.6 Å². The van der Waals surface area contributed by atoms with E-state index < -0.39 is 20.8 Å². The monoisotopic (exact) mass is 399 g/mol. The van der Waals surface area contributed by atoms with Crippen molar-refractivity contribution in [1.29, 1.82) is 0 Å². The standard InChI is InChI=1S/C18H29N3O3S2/c1-3-18(4-2)15-20(12-13-25(18)22)17-9-8-16(14-19-17)26(23,24)21-10-6-5-7-11-21/h8-9,14H,3-7,10-13,15H2,1-2H3. The van der Waals surface area contributed by atoms with Gasteiger partial charge in [0.2, 0.25) is 10.0 Å². The molecule has 0 amide bonds. The van der Waals surface area contributed by atoms with Crippen LogP contribution in [0.25, 0.3) is 0 Å². The molecule has 0 N–H and O–H groups in total. The van der Waals surface area contributed by atoms with Crippen molar-refractivity contribution in [1.82, 2.24) is 9.29 Å². The summed E-state index contributed by atoms with van der Waals surface area (Å²) in [6, 6.07) is 3.46. The highest BCUT2D eigenvalue weighted by molar-refractivity contribution is 7.89. The molecule has 2 aliphatic heterocycles. The van der Waals surface area contributed by atoms with E-state index in [1.165, 1.54) is 6.20 Å². The number of hydrogen-bond acceptors (Lipinski definition) is 5. The third-order valence-corrected chi connectivity index (χ3v) is 9.90. The Morgan fingerprint density at radius 2 is 1.81 bits per heavy atom. The van der Waals surface area contributed by atoms with Gasteiger partial charge in [-0.1, -0.05) is 20.3 Å². The second-order valence-corrected chi connectivity index (χ2v) is 11.1. The quantitative estimate of drug-likeness (QED) is 0.760. The first kappa shape index (κ1) is 19.8. The van der Waals surface area contributed by atoms with Crippen LogP contribution in [0.15, 0.2) is 23.2 Å². The van der Waals surface area contributed by atoms with E-state index >= 15 is 0 Å². The van der Waals surface area contributed by atoms with Crippen molar-refractivity contribution in [3.05, 3.63) is 18.3 Å². The van der Waals surface area contributed by atoms with Gasteiger partial charge in [0.05, 0.1) is 4.75 Å². The van der Waals surface area contributed by atoms with Crippen LogP contribution in [0.1, 0.15) is 46.0 Å². The average Bonchev–Trinajstić information content (AvgIpc) is 2.69. The highest BCUT2D eigenvalue weighted by atomic mass is 32.2. The molecule has 2 aliphatic rings. The topological polar surface area (TPSA) is 70.6 Å². The van der Waals surface area contributed by atoms with Gasteiger partial charge in [0.1, 0.15) is 10.7 Å². The molecule has 1 unspecified atom stereocenters.